The van der Waals surface area contributed by atoms with Gasteiger partial charge < -0.3 is 21.1 Å². The Kier molecular flexibility index (Phi) is 8.30. The number of amides is 3. The summed E-state index contributed by atoms with van der Waals surface area (Å²) in [6.45, 7) is 6.30. The van der Waals surface area contributed by atoms with Gasteiger partial charge in [-0.3, -0.25) is 19.3 Å². The summed E-state index contributed by atoms with van der Waals surface area (Å²) in [5.74, 6) is -0.976. The van der Waals surface area contributed by atoms with Crippen molar-refractivity contribution in [3.8, 4) is 5.75 Å². The number of carbonyl (C=O) groups excluding carboxylic acids is 3. The molecule has 2 unspecified atom stereocenters. The number of benzene rings is 3. The molecule has 4 N–H and O–H groups in total. The van der Waals surface area contributed by atoms with Gasteiger partial charge in [-0.15, -0.1) is 0 Å². The smallest absolute Gasteiger partial charge is 0.268 e. The largest absolute Gasteiger partial charge is 0.481 e. The second kappa shape index (κ2) is 11.7. The normalized spacial score (nSPS) is 16.0. The van der Waals surface area contributed by atoms with Crippen LogP contribution in [0.5, 0.6) is 5.75 Å². The molecule has 204 valence electrons. The van der Waals surface area contributed by atoms with Crippen molar-refractivity contribution >= 4 is 29.1 Å². The Morgan fingerprint density at radius 3 is 2.49 bits per heavy atom. The third kappa shape index (κ3) is 6.61. The van der Waals surface area contributed by atoms with Crippen LogP contribution in [0.1, 0.15) is 49.2 Å². The van der Waals surface area contributed by atoms with Crippen molar-refractivity contribution in [2.24, 2.45) is 11.1 Å². The molecule has 0 radical (unpaired) electrons. The van der Waals surface area contributed by atoms with Gasteiger partial charge in [-0.05, 0) is 66.9 Å². The fourth-order valence-electron chi connectivity index (χ4n) is 4.29. The Labute approximate surface area is 227 Å². The lowest BCUT2D eigenvalue weighted by Crippen LogP contribution is -2.43. The maximum absolute atomic E-state index is 13.9. The van der Waals surface area contributed by atoms with Gasteiger partial charge in [-0.25, -0.2) is 4.39 Å². The lowest BCUT2D eigenvalue weighted by Gasteiger charge is -2.33. The predicted molar refractivity (Wildman–Crippen MR) is 148 cm³/mol. The van der Waals surface area contributed by atoms with Crippen molar-refractivity contribution < 1.29 is 23.5 Å². The monoisotopic (exact) mass is 532 g/mol. The van der Waals surface area contributed by atoms with Crippen molar-refractivity contribution in [2.75, 3.05) is 23.3 Å². The third-order valence-corrected chi connectivity index (χ3v) is 6.66. The van der Waals surface area contributed by atoms with Crippen LogP contribution in [0, 0.1) is 11.2 Å². The Bertz CT molecular complexity index is 1340. The number of hydrogen-bond donors (Lipinski definition) is 3. The molecule has 8 nitrogen and oxygen atoms in total. The molecule has 1 aliphatic heterocycles. The van der Waals surface area contributed by atoms with E-state index < -0.39 is 23.9 Å². The van der Waals surface area contributed by atoms with Crippen LogP contribution < -0.4 is 26.0 Å². The van der Waals surface area contributed by atoms with Gasteiger partial charge in [0.1, 0.15) is 11.6 Å². The van der Waals surface area contributed by atoms with Crippen LogP contribution in [0.15, 0.2) is 72.8 Å². The average molecular weight is 533 g/mol. The number of halogens is 1. The fraction of sp³-hybridized carbons (Fsp3) is 0.300. The summed E-state index contributed by atoms with van der Waals surface area (Å²) >= 11 is 0. The molecule has 2 atom stereocenters. The van der Waals surface area contributed by atoms with E-state index in [9.17, 15) is 18.8 Å². The maximum atomic E-state index is 13.9. The predicted octanol–water partition coefficient (Wildman–Crippen LogP) is 4.42. The minimum atomic E-state index is -0.905. The topological polar surface area (TPSA) is 114 Å². The van der Waals surface area contributed by atoms with E-state index in [0.717, 1.165) is 0 Å². The van der Waals surface area contributed by atoms with Crippen LogP contribution in [0.2, 0.25) is 0 Å². The van der Waals surface area contributed by atoms with Gasteiger partial charge in [0.2, 0.25) is 5.91 Å². The van der Waals surface area contributed by atoms with Crippen molar-refractivity contribution in [3.05, 3.63) is 89.7 Å². The van der Waals surface area contributed by atoms with E-state index in [1.54, 1.807) is 61.5 Å². The van der Waals surface area contributed by atoms with Crippen molar-refractivity contribution in [1.82, 2.24) is 5.32 Å². The van der Waals surface area contributed by atoms with Gasteiger partial charge in [0.25, 0.3) is 11.8 Å². The van der Waals surface area contributed by atoms with E-state index in [0.29, 0.717) is 41.3 Å². The first-order valence-corrected chi connectivity index (χ1v) is 12.8. The van der Waals surface area contributed by atoms with Gasteiger partial charge in [-0.1, -0.05) is 44.2 Å². The van der Waals surface area contributed by atoms with Crippen LogP contribution in [-0.2, 0) is 9.59 Å². The molecule has 0 aromatic heterocycles. The zero-order valence-corrected chi connectivity index (χ0v) is 22.2. The molecule has 0 fully saturated rings. The zero-order valence-electron chi connectivity index (χ0n) is 22.2. The zero-order chi connectivity index (χ0) is 28.2. The molecular formula is C30H33FN4O4. The molecule has 0 bridgehead atoms. The molecule has 0 saturated carbocycles. The van der Waals surface area contributed by atoms with Gasteiger partial charge in [0.05, 0.1) is 23.8 Å². The quantitative estimate of drug-likeness (QED) is 0.397. The number of ether oxygens (including phenoxy) is 1. The summed E-state index contributed by atoms with van der Waals surface area (Å²) < 4.78 is 19.7. The van der Waals surface area contributed by atoms with Gasteiger partial charge in [-0.2, -0.15) is 0 Å². The molecular weight excluding hydrogens is 499 g/mol. The highest BCUT2D eigenvalue weighted by molar-refractivity contribution is 6.07. The Balaban J connectivity index is 1.72. The second-order valence-corrected chi connectivity index (χ2v) is 10.4. The first kappa shape index (κ1) is 27.8. The molecule has 1 aliphatic rings. The van der Waals surface area contributed by atoms with Crippen LogP contribution in [0.3, 0.4) is 0 Å². The first-order chi connectivity index (χ1) is 18.6. The lowest BCUT2D eigenvalue weighted by atomic mass is 9.94. The van der Waals surface area contributed by atoms with Crippen molar-refractivity contribution in [2.45, 2.75) is 39.3 Å². The number of anilines is 2. The molecule has 4 rings (SSSR count). The Hall–Kier alpha value is -4.24. The third-order valence-electron chi connectivity index (χ3n) is 6.66. The maximum Gasteiger partial charge on any atom is 0.268 e. The number of nitrogens with zero attached hydrogens (tertiary/aromatic N) is 1. The van der Waals surface area contributed by atoms with E-state index in [1.165, 1.54) is 17.0 Å². The van der Waals surface area contributed by atoms with Crippen molar-refractivity contribution in [1.29, 1.82) is 0 Å². The number of para-hydroxylation sites is 1. The number of hydrogen-bond acceptors (Lipinski definition) is 5. The standard InChI is InChI=1S/C30H33FN4O4/c1-19(39-23-7-5-4-6-8-23)29(38)35-25-14-11-21(28(37)33-18-30(2,3)17-32)15-24(25)34-27(36)16-26(35)20-9-12-22(31)13-10-20/h4-15,19,26H,16-18,32H2,1-3H3,(H,33,37)(H,34,36). The number of nitrogens with two attached hydrogens (primary N) is 1. The van der Waals surface area contributed by atoms with Crippen LogP contribution in [0.25, 0.3) is 0 Å². The van der Waals surface area contributed by atoms with Crippen LogP contribution in [0.4, 0.5) is 15.8 Å². The van der Waals surface area contributed by atoms with Crippen LogP contribution >= 0.6 is 0 Å². The number of fused-ring (bicyclic) bond motifs is 1. The summed E-state index contributed by atoms with van der Waals surface area (Å²) in [6, 6.07) is 18.7. The molecule has 1 heterocycles. The highest BCUT2D eigenvalue weighted by atomic mass is 19.1. The van der Waals surface area contributed by atoms with E-state index in [-0.39, 0.29) is 23.7 Å². The summed E-state index contributed by atoms with van der Waals surface area (Å²) in [5, 5.41) is 5.71. The highest BCUT2D eigenvalue weighted by Crippen LogP contribution is 2.39. The van der Waals surface area contributed by atoms with Gasteiger partial charge >= 0.3 is 0 Å². The summed E-state index contributed by atoms with van der Waals surface area (Å²) in [6.07, 6.45) is -0.978. The minimum absolute atomic E-state index is 0.0731. The number of nitrogens with one attached hydrogen (secondary N) is 2. The SMILES string of the molecule is CC(Oc1ccccc1)C(=O)N1c2ccc(C(=O)NCC(C)(C)CN)cc2NC(=O)CC1c1ccc(F)cc1. The average Bonchev–Trinajstić information content (AvgIpc) is 3.07. The van der Waals surface area contributed by atoms with Crippen molar-refractivity contribution in [3.63, 3.8) is 0 Å². The first-order valence-electron chi connectivity index (χ1n) is 12.8. The van der Waals surface area contributed by atoms with Gasteiger partial charge in [0, 0.05) is 12.1 Å². The Morgan fingerprint density at radius 2 is 1.82 bits per heavy atom. The lowest BCUT2D eigenvalue weighted by molar-refractivity contribution is -0.125. The van der Waals surface area contributed by atoms with E-state index in [4.69, 9.17) is 10.5 Å². The molecule has 3 aromatic carbocycles. The van der Waals surface area contributed by atoms with E-state index in [1.807, 2.05) is 19.9 Å². The molecule has 0 spiro atoms. The van der Waals surface area contributed by atoms with E-state index >= 15 is 0 Å². The van der Waals surface area contributed by atoms with E-state index in [2.05, 4.69) is 10.6 Å². The van der Waals surface area contributed by atoms with Gasteiger partial charge in [0.15, 0.2) is 6.10 Å². The fourth-order valence-corrected chi connectivity index (χ4v) is 4.29. The number of rotatable bonds is 8. The summed E-state index contributed by atoms with van der Waals surface area (Å²) in [4.78, 5) is 41.4. The second-order valence-electron chi connectivity index (χ2n) is 10.4. The molecule has 0 saturated heterocycles. The molecule has 9 heteroatoms. The summed E-state index contributed by atoms with van der Waals surface area (Å²) in [5.41, 5.74) is 7.12. The Morgan fingerprint density at radius 1 is 1.13 bits per heavy atom. The minimum Gasteiger partial charge on any atom is -0.481 e. The molecule has 3 amide bonds. The molecule has 0 aliphatic carbocycles. The molecule has 39 heavy (non-hydrogen) atoms. The highest BCUT2D eigenvalue weighted by Gasteiger charge is 2.36. The number of carbonyl (C=O) groups is 3. The molecule has 3 aromatic rings. The summed E-state index contributed by atoms with van der Waals surface area (Å²) in [7, 11) is 0. The van der Waals surface area contributed by atoms with Crippen LogP contribution in [-0.4, -0.2) is 36.9 Å².